The summed E-state index contributed by atoms with van der Waals surface area (Å²) in [6.45, 7) is 0. The first-order chi connectivity index (χ1) is 14.1. The van der Waals surface area contributed by atoms with Gasteiger partial charge >= 0.3 is 0 Å². The summed E-state index contributed by atoms with van der Waals surface area (Å²) in [5.41, 5.74) is 2.87. The van der Waals surface area contributed by atoms with E-state index >= 15 is 0 Å². The van der Waals surface area contributed by atoms with Crippen molar-refractivity contribution in [2.45, 2.75) is 0 Å². The second-order valence-electron chi connectivity index (χ2n) is 6.71. The lowest BCUT2D eigenvalue weighted by Crippen LogP contribution is -2.16. The number of para-hydroxylation sites is 1. The van der Waals surface area contributed by atoms with Gasteiger partial charge in [0.2, 0.25) is 5.88 Å². The maximum absolute atomic E-state index is 12.6. The van der Waals surface area contributed by atoms with Crippen LogP contribution in [0.25, 0.3) is 28.1 Å². The summed E-state index contributed by atoms with van der Waals surface area (Å²) >= 11 is 5.38. The van der Waals surface area contributed by atoms with Crippen LogP contribution in [-0.2, 0) is 0 Å². The molecule has 5 nitrogen and oxygen atoms in total. The molecule has 2 N–H and O–H groups in total. The fourth-order valence-corrected chi connectivity index (χ4v) is 3.88. The summed E-state index contributed by atoms with van der Waals surface area (Å²) in [6.07, 6.45) is 3.33. The highest BCUT2D eigenvalue weighted by Gasteiger charge is 2.17. The number of nitrogens with zero attached hydrogens (tertiary/aromatic N) is 2. The van der Waals surface area contributed by atoms with E-state index in [1.54, 1.807) is 12.3 Å². The monoisotopic (exact) mass is 397 g/mol. The zero-order valence-corrected chi connectivity index (χ0v) is 16.0. The van der Waals surface area contributed by atoms with Crippen LogP contribution in [0.15, 0.2) is 76.5 Å². The lowest BCUT2D eigenvalue weighted by molar-refractivity contribution is 0.432. The van der Waals surface area contributed by atoms with Gasteiger partial charge in [-0.05, 0) is 35.8 Å². The first kappa shape index (κ1) is 17.3. The highest BCUT2D eigenvalue weighted by atomic mass is 32.1. The highest BCUT2D eigenvalue weighted by molar-refractivity contribution is 7.71. The molecule has 3 aromatic carbocycles. The van der Waals surface area contributed by atoms with E-state index < -0.39 is 5.56 Å². The molecular weight excluding hydrogens is 382 g/mol. The van der Waals surface area contributed by atoms with E-state index in [-0.39, 0.29) is 16.2 Å². The summed E-state index contributed by atoms with van der Waals surface area (Å²) in [5.74, 6) is -0.208. The van der Waals surface area contributed by atoms with Gasteiger partial charge < -0.3 is 5.11 Å². The average Bonchev–Trinajstić information content (AvgIpc) is 3.14. The molecule has 0 unspecified atom stereocenters. The number of nitrogens with one attached hydrogen (secondary N) is 1. The number of H-pyrrole nitrogens is 1. The van der Waals surface area contributed by atoms with Crippen LogP contribution in [0.3, 0.4) is 0 Å². The predicted octanol–water partition coefficient (Wildman–Crippen LogP) is 5.01. The number of rotatable bonds is 2. The van der Waals surface area contributed by atoms with Crippen LogP contribution in [0.2, 0.25) is 0 Å². The number of fused-ring (bicyclic) bond motifs is 2. The fraction of sp³-hybridized carbons (Fsp3) is 0. The van der Waals surface area contributed by atoms with Gasteiger partial charge in [0.05, 0.1) is 11.4 Å². The van der Waals surface area contributed by atoms with E-state index in [4.69, 9.17) is 12.2 Å². The maximum Gasteiger partial charge on any atom is 0.262 e. The zero-order chi connectivity index (χ0) is 20.0. The lowest BCUT2D eigenvalue weighted by Gasteiger charge is -2.14. The van der Waals surface area contributed by atoms with Crippen molar-refractivity contribution < 1.29 is 5.11 Å². The topological polar surface area (TPSA) is 70.4 Å². The summed E-state index contributed by atoms with van der Waals surface area (Å²) in [5, 5.41) is 13.0. The molecule has 5 rings (SSSR count). The lowest BCUT2D eigenvalue weighted by atomic mass is 10.0. The normalized spacial score (nSPS) is 13.9. The van der Waals surface area contributed by atoms with Crippen molar-refractivity contribution in [1.29, 1.82) is 0 Å². The van der Waals surface area contributed by atoms with Gasteiger partial charge in [-0.15, -0.1) is 0 Å². The van der Waals surface area contributed by atoms with Gasteiger partial charge in [-0.25, -0.2) is 0 Å². The third kappa shape index (κ3) is 2.81. The second-order valence-corrected chi connectivity index (χ2v) is 7.09. The third-order valence-corrected chi connectivity index (χ3v) is 5.27. The van der Waals surface area contributed by atoms with Crippen LogP contribution in [-0.4, -0.2) is 20.9 Å². The van der Waals surface area contributed by atoms with E-state index in [0.29, 0.717) is 5.69 Å². The number of allylic oxidation sites excluding steroid dienone is 1. The van der Waals surface area contributed by atoms with E-state index in [9.17, 15) is 9.90 Å². The Morgan fingerprint density at radius 2 is 1.76 bits per heavy atom. The van der Waals surface area contributed by atoms with Gasteiger partial charge in [-0.2, -0.15) is 0 Å². The van der Waals surface area contributed by atoms with Gasteiger partial charge in [0.15, 0.2) is 4.77 Å². The molecule has 0 aliphatic carbocycles. The van der Waals surface area contributed by atoms with E-state index in [1.807, 2.05) is 66.7 Å². The average molecular weight is 397 g/mol. The Labute approximate surface area is 170 Å². The van der Waals surface area contributed by atoms with Crippen molar-refractivity contribution in [1.82, 2.24) is 9.55 Å². The van der Waals surface area contributed by atoms with Crippen LogP contribution in [0, 0.1) is 4.77 Å². The van der Waals surface area contributed by atoms with Crippen molar-refractivity contribution in [2.75, 3.05) is 0 Å². The van der Waals surface area contributed by atoms with Crippen LogP contribution >= 0.6 is 12.2 Å². The summed E-state index contributed by atoms with van der Waals surface area (Å²) in [6, 6.07) is 21.2. The molecule has 1 aliphatic heterocycles. The first-order valence-corrected chi connectivity index (χ1v) is 9.46. The number of hydrogen-bond acceptors (Lipinski definition) is 4. The molecule has 0 spiro atoms. The number of aromatic hydroxyl groups is 1. The van der Waals surface area contributed by atoms with E-state index in [2.05, 4.69) is 9.98 Å². The van der Waals surface area contributed by atoms with Crippen LogP contribution < -0.4 is 5.56 Å². The van der Waals surface area contributed by atoms with Crippen LogP contribution in [0.5, 0.6) is 5.88 Å². The van der Waals surface area contributed by atoms with Gasteiger partial charge in [0.1, 0.15) is 5.56 Å². The minimum Gasteiger partial charge on any atom is -0.494 e. The Balaban J connectivity index is 1.77. The second kappa shape index (κ2) is 6.68. The van der Waals surface area contributed by atoms with Crippen LogP contribution in [0.4, 0.5) is 5.69 Å². The molecule has 0 amide bonds. The Morgan fingerprint density at radius 3 is 2.66 bits per heavy atom. The minimum absolute atomic E-state index is 0.129. The number of aromatic amines is 1. The number of aromatic nitrogens is 2. The predicted molar refractivity (Wildman–Crippen MR) is 119 cm³/mol. The maximum atomic E-state index is 12.6. The molecular formula is C23H15N3O2S. The fourth-order valence-electron chi connectivity index (χ4n) is 3.60. The van der Waals surface area contributed by atoms with Crippen molar-refractivity contribution in [3.05, 3.63) is 93.0 Å². The molecule has 2 heterocycles. The minimum atomic E-state index is -0.450. The molecule has 0 saturated heterocycles. The zero-order valence-electron chi connectivity index (χ0n) is 15.2. The molecule has 0 atom stereocenters. The summed E-state index contributed by atoms with van der Waals surface area (Å²) < 4.78 is 1.62. The molecule has 1 aromatic heterocycles. The van der Waals surface area contributed by atoms with Crippen molar-refractivity contribution in [3.63, 3.8) is 0 Å². The van der Waals surface area contributed by atoms with Gasteiger partial charge in [0, 0.05) is 22.7 Å². The number of aliphatic imine (C=N–C) groups is 1. The largest absolute Gasteiger partial charge is 0.494 e. The Morgan fingerprint density at radius 1 is 1.00 bits per heavy atom. The molecule has 29 heavy (non-hydrogen) atoms. The SMILES string of the molecule is O=c1[nH]c(=S)n(-c2cccc3ccccc23)c(O)c1/C=C1\C=Nc2ccccc21. The molecule has 140 valence electrons. The molecule has 1 aliphatic rings. The highest BCUT2D eigenvalue weighted by Crippen LogP contribution is 2.33. The van der Waals surface area contributed by atoms with Crippen LogP contribution in [0.1, 0.15) is 11.1 Å². The van der Waals surface area contributed by atoms with E-state index in [0.717, 1.165) is 27.6 Å². The molecule has 0 radical (unpaired) electrons. The Hall–Kier alpha value is -3.77. The standard InChI is InChI=1S/C23H15N3O2S/c27-21-18(12-15-13-24-19-10-4-3-8-16(15)19)22(28)26(23(29)25-21)20-11-5-7-14-6-1-2-9-17(14)20/h1-13,28H,(H,25,27,29)/b15-12+. The summed E-state index contributed by atoms with van der Waals surface area (Å²) in [4.78, 5) is 19.7. The van der Waals surface area contributed by atoms with E-state index in [1.165, 1.54) is 4.57 Å². The van der Waals surface area contributed by atoms with Crippen molar-refractivity contribution in [3.8, 4) is 11.6 Å². The summed E-state index contributed by atoms with van der Waals surface area (Å²) in [7, 11) is 0. The molecule has 0 fully saturated rings. The van der Waals surface area contributed by atoms with Gasteiger partial charge in [-0.1, -0.05) is 54.6 Å². The van der Waals surface area contributed by atoms with Gasteiger partial charge in [-0.3, -0.25) is 19.3 Å². The quantitative estimate of drug-likeness (QED) is 0.467. The number of benzene rings is 3. The molecule has 4 aromatic rings. The Kier molecular flexibility index (Phi) is 4.00. The number of hydrogen-bond donors (Lipinski definition) is 2. The third-order valence-electron chi connectivity index (χ3n) is 4.99. The molecule has 0 bridgehead atoms. The van der Waals surface area contributed by atoms with Gasteiger partial charge in [0.25, 0.3) is 5.56 Å². The molecule has 0 saturated carbocycles. The van der Waals surface area contributed by atoms with Crippen molar-refractivity contribution >= 4 is 46.5 Å². The molecule has 6 heteroatoms. The first-order valence-electron chi connectivity index (χ1n) is 9.05. The van der Waals surface area contributed by atoms with Crippen molar-refractivity contribution in [2.24, 2.45) is 4.99 Å². The smallest absolute Gasteiger partial charge is 0.262 e. The Bertz CT molecular complexity index is 1460.